The molecule has 1 atom stereocenters. The number of hydrogen-bond acceptors (Lipinski definition) is 7. The van der Waals surface area contributed by atoms with Crippen LogP contribution < -0.4 is 5.56 Å². The summed E-state index contributed by atoms with van der Waals surface area (Å²) in [6.45, 7) is 7.35. The number of aromatic nitrogens is 3. The highest BCUT2D eigenvalue weighted by Crippen LogP contribution is 2.33. The van der Waals surface area contributed by atoms with Gasteiger partial charge in [-0.05, 0) is 70.7 Å². The Morgan fingerprint density at radius 3 is 2.29 bits per heavy atom. The van der Waals surface area contributed by atoms with E-state index in [1.165, 1.54) is 82.8 Å². The van der Waals surface area contributed by atoms with Gasteiger partial charge in [-0.2, -0.15) is 0 Å². The van der Waals surface area contributed by atoms with Crippen LogP contribution >= 0.6 is 0 Å². The molecule has 1 fully saturated rings. The van der Waals surface area contributed by atoms with Crippen molar-refractivity contribution in [2.24, 2.45) is 0 Å². The highest BCUT2D eigenvalue weighted by molar-refractivity contribution is 5.80. The largest absolute Gasteiger partial charge is 0.454 e. The molecule has 9 heteroatoms. The smallest absolute Gasteiger partial charge is 0.306 e. The van der Waals surface area contributed by atoms with E-state index in [1.54, 1.807) is 10.6 Å². The molecule has 2 aromatic heterocycles. The number of carbonyl (C=O) groups excluding carboxylic acids is 1. The number of likely N-dealkylation sites (tertiary alicyclic amines) is 1. The van der Waals surface area contributed by atoms with Gasteiger partial charge in [0.05, 0.1) is 0 Å². The predicted octanol–water partition coefficient (Wildman–Crippen LogP) is 9.11. The van der Waals surface area contributed by atoms with Crippen molar-refractivity contribution >= 4 is 16.9 Å². The number of benzene rings is 1. The SMILES string of the molecule is CCCCCCCCCCCCCCCC(=O)OC1CCCn2c1nc(C)c(CCN1CCC(c3onc4cc(F)ccc34)CC1)c2=O. The maximum absolute atomic E-state index is 13.6. The van der Waals surface area contributed by atoms with Crippen molar-refractivity contribution in [3.63, 3.8) is 0 Å². The minimum absolute atomic E-state index is 0.00462. The number of piperidine rings is 1. The molecule has 48 heavy (non-hydrogen) atoms. The van der Waals surface area contributed by atoms with Crippen LogP contribution in [0.1, 0.15) is 157 Å². The van der Waals surface area contributed by atoms with Gasteiger partial charge >= 0.3 is 5.97 Å². The van der Waals surface area contributed by atoms with Gasteiger partial charge in [-0.3, -0.25) is 14.2 Å². The van der Waals surface area contributed by atoms with Gasteiger partial charge in [0, 0.05) is 48.1 Å². The highest BCUT2D eigenvalue weighted by atomic mass is 19.1. The van der Waals surface area contributed by atoms with Gasteiger partial charge in [-0.15, -0.1) is 0 Å². The third-order valence-electron chi connectivity index (χ3n) is 10.5. The van der Waals surface area contributed by atoms with Crippen molar-refractivity contribution in [2.45, 2.75) is 154 Å². The molecule has 0 saturated carbocycles. The summed E-state index contributed by atoms with van der Waals surface area (Å²) in [6, 6.07) is 4.63. The number of aryl methyl sites for hydroxylation is 1. The number of unbranched alkanes of at least 4 members (excludes halogenated alkanes) is 12. The second-order valence-electron chi connectivity index (χ2n) is 14.2. The fourth-order valence-corrected chi connectivity index (χ4v) is 7.57. The number of halogens is 1. The molecule has 1 aromatic carbocycles. The summed E-state index contributed by atoms with van der Waals surface area (Å²) in [7, 11) is 0. The number of fused-ring (bicyclic) bond motifs is 2. The van der Waals surface area contributed by atoms with Crippen molar-refractivity contribution in [3.05, 3.63) is 57.2 Å². The number of rotatable bonds is 19. The van der Waals surface area contributed by atoms with Crippen LogP contribution in [-0.2, 0) is 22.5 Å². The van der Waals surface area contributed by atoms with Gasteiger partial charge in [-0.1, -0.05) is 89.1 Å². The van der Waals surface area contributed by atoms with Crippen LogP contribution in [0.15, 0.2) is 27.5 Å². The van der Waals surface area contributed by atoms with Crippen LogP contribution in [0.25, 0.3) is 10.9 Å². The van der Waals surface area contributed by atoms with E-state index in [-0.39, 0.29) is 23.3 Å². The zero-order chi connectivity index (χ0) is 33.7. The molecule has 3 aromatic rings. The lowest BCUT2D eigenvalue weighted by molar-refractivity contribution is -0.151. The lowest BCUT2D eigenvalue weighted by Crippen LogP contribution is -2.38. The summed E-state index contributed by atoms with van der Waals surface area (Å²) in [5.41, 5.74) is 2.06. The predicted molar refractivity (Wildman–Crippen MR) is 188 cm³/mol. The standard InChI is InChI=1S/C39H57FN4O4/c1-3-4-5-6-7-8-9-10-11-12-13-14-15-18-36(45)47-35-17-16-24-44-38(35)41-29(2)32(39(44)46)23-27-43-25-21-30(22-26-43)37-33-20-19-31(40)28-34(33)42-48-37/h19-20,28,30,35H,3-18,21-27H2,1-2H3. The normalized spacial score (nSPS) is 17.2. The summed E-state index contributed by atoms with van der Waals surface area (Å²) in [5, 5.41) is 4.96. The summed E-state index contributed by atoms with van der Waals surface area (Å²) in [6.07, 6.45) is 20.5. The van der Waals surface area contributed by atoms with Crippen molar-refractivity contribution in [3.8, 4) is 0 Å². The summed E-state index contributed by atoms with van der Waals surface area (Å²) < 4.78 is 26.9. The molecule has 5 rings (SSSR count). The van der Waals surface area contributed by atoms with Crippen molar-refractivity contribution < 1.29 is 18.4 Å². The van der Waals surface area contributed by atoms with E-state index < -0.39 is 6.10 Å². The first-order chi connectivity index (χ1) is 23.4. The molecule has 264 valence electrons. The molecule has 4 heterocycles. The van der Waals surface area contributed by atoms with Crippen LogP contribution in [0, 0.1) is 12.7 Å². The minimum atomic E-state index is -0.448. The Morgan fingerprint density at radius 1 is 0.938 bits per heavy atom. The lowest BCUT2D eigenvalue weighted by Gasteiger charge is -2.31. The average molecular weight is 665 g/mol. The first kappa shape index (κ1) is 36.2. The average Bonchev–Trinajstić information content (AvgIpc) is 3.50. The Bertz CT molecular complexity index is 1510. The Labute approximate surface area is 285 Å². The number of hydrogen-bond donors (Lipinski definition) is 0. The van der Waals surface area contributed by atoms with Crippen LogP contribution in [0.2, 0.25) is 0 Å². The van der Waals surface area contributed by atoms with E-state index in [0.717, 1.165) is 74.1 Å². The first-order valence-electron chi connectivity index (χ1n) is 19.0. The molecule has 0 amide bonds. The lowest BCUT2D eigenvalue weighted by atomic mass is 9.92. The first-order valence-corrected chi connectivity index (χ1v) is 19.0. The fourth-order valence-electron chi connectivity index (χ4n) is 7.57. The van der Waals surface area contributed by atoms with Crippen molar-refractivity contribution in [2.75, 3.05) is 19.6 Å². The molecule has 2 aliphatic rings. The maximum Gasteiger partial charge on any atom is 0.306 e. The quantitative estimate of drug-likeness (QED) is 0.0933. The molecule has 1 saturated heterocycles. The molecule has 1 unspecified atom stereocenters. The van der Waals surface area contributed by atoms with E-state index in [1.807, 2.05) is 6.92 Å². The molecule has 8 nitrogen and oxygen atoms in total. The third kappa shape index (κ3) is 9.99. The molecule has 0 N–H and O–H groups in total. The number of ether oxygens (including phenoxy) is 1. The molecule has 0 radical (unpaired) electrons. The number of carbonyl (C=O) groups is 1. The highest BCUT2D eigenvalue weighted by Gasteiger charge is 2.29. The molecule has 0 aliphatic carbocycles. The fraction of sp³-hybridized carbons (Fsp3) is 0.692. The molecule has 0 bridgehead atoms. The molecule has 0 spiro atoms. The number of nitrogens with zero attached hydrogens (tertiary/aromatic N) is 4. The van der Waals surface area contributed by atoms with Gasteiger partial charge in [0.15, 0.2) is 11.9 Å². The summed E-state index contributed by atoms with van der Waals surface area (Å²) >= 11 is 0. The van der Waals surface area contributed by atoms with E-state index in [2.05, 4.69) is 17.0 Å². The minimum Gasteiger partial charge on any atom is -0.454 e. The van der Waals surface area contributed by atoms with Crippen LogP contribution in [0.4, 0.5) is 4.39 Å². The maximum atomic E-state index is 13.6. The second kappa shape index (κ2) is 18.6. The monoisotopic (exact) mass is 664 g/mol. The summed E-state index contributed by atoms with van der Waals surface area (Å²) in [4.78, 5) is 33.6. The van der Waals surface area contributed by atoms with E-state index in [4.69, 9.17) is 14.2 Å². The van der Waals surface area contributed by atoms with Crippen LogP contribution in [0.5, 0.6) is 0 Å². The van der Waals surface area contributed by atoms with Gasteiger partial charge in [0.25, 0.3) is 5.56 Å². The van der Waals surface area contributed by atoms with Gasteiger partial charge in [-0.25, -0.2) is 9.37 Å². The number of esters is 1. The molecular weight excluding hydrogens is 607 g/mol. The van der Waals surface area contributed by atoms with Gasteiger partial charge < -0.3 is 14.2 Å². The Morgan fingerprint density at radius 2 is 1.60 bits per heavy atom. The van der Waals surface area contributed by atoms with Gasteiger partial charge in [0.2, 0.25) is 0 Å². The van der Waals surface area contributed by atoms with E-state index in [9.17, 15) is 14.0 Å². The topological polar surface area (TPSA) is 90.5 Å². The van der Waals surface area contributed by atoms with Crippen molar-refractivity contribution in [1.82, 2.24) is 19.6 Å². The van der Waals surface area contributed by atoms with Crippen LogP contribution in [-0.4, -0.2) is 45.2 Å². The second-order valence-corrected chi connectivity index (χ2v) is 14.2. The Hall–Kier alpha value is -3.07. The zero-order valence-electron chi connectivity index (χ0n) is 29.5. The third-order valence-corrected chi connectivity index (χ3v) is 10.5. The van der Waals surface area contributed by atoms with Gasteiger partial charge in [0.1, 0.15) is 17.1 Å². The molecular formula is C39H57FN4O4. The zero-order valence-corrected chi connectivity index (χ0v) is 29.5. The Balaban J connectivity index is 1.02. The van der Waals surface area contributed by atoms with E-state index in [0.29, 0.717) is 37.1 Å². The Kier molecular flexibility index (Phi) is 14.1. The van der Waals surface area contributed by atoms with Crippen molar-refractivity contribution in [1.29, 1.82) is 0 Å². The summed E-state index contributed by atoms with van der Waals surface area (Å²) in [5.74, 6) is 1.21. The molecule has 2 aliphatic heterocycles. The van der Waals surface area contributed by atoms with E-state index >= 15 is 0 Å². The van der Waals surface area contributed by atoms with Crippen LogP contribution in [0.3, 0.4) is 0 Å².